The molecule has 0 radical (unpaired) electrons. The van der Waals surface area contributed by atoms with Crippen molar-refractivity contribution in [1.82, 2.24) is 4.90 Å². The maximum atomic E-state index is 12.8. The zero-order chi connectivity index (χ0) is 16.6. The summed E-state index contributed by atoms with van der Waals surface area (Å²) in [6, 6.07) is 7.10. The van der Waals surface area contributed by atoms with Gasteiger partial charge in [-0.2, -0.15) is 0 Å². The van der Waals surface area contributed by atoms with Crippen LogP contribution in [-0.2, 0) is 25.8 Å². The van der Waals surface area contributed by atoms with Gasteiger partial charge in [0.15, 0.2) is 9.84 Å². The Bertz CT molecular complexity index is 689. The van der Waals surface area contributed by atoms with Crippen molar-refractivity contribution < 1.29 is 17.9 Å². The van der Waals surface area contributed by atoms with Crippen LogP contribution in [0.25, 0.3) is 0 Å². The summed E-state index contributed by atoms with van der Waals surface area (Å²) in [4.78, 5) is 14.5. The Morgan fingerprint density at radius 2 is 2.04 bits per heavy atom. The average Bonchev–Trinajstić information content (AvgIpc) is 2.82. The van der Waals surface area contributed by atoms with Crippen LogP contribution in [0.4, 0.5) is 0 Å². The van der Waals surface area contributed by atoms with Crippen LogP contribution >= 0.6 is 11.6 Å². The van der Waals surface area contributed by atoms with Crippen LogP contribution in [0.3, 0.4) is 0 Å². The molecule has 7 heteroatoms. The minimum absolute atomic E-state index is 0.00431. The highest BCUT2D eigenvalue weighted by Gasteiger charge is 2.46. The first-order valence-corrected chi connectivity index (χ1v) is 9.92. The third-order valence-electron chi connectivity index (χ3n) is 4.50. The number of hydrogen-bond acceptors (Lipinski definition) is 4. The van der Waals surface area contributed by atoms with Crippen molar-refractivity contribution in [2.45, 2.75) is 25.5 Å². The zero-order valence-corrected chi connectivity index (χ0v) is 14.5. The predicted octanol–water partition coefficient (Wildman–Crippen LogP) is 1.54. The first kappa shape index (κ1) is 16.7. The minimum Gasteiger partial charge on any atom is -0.373 e. The molecule has 0 aromatic heterocycles. The number of benzene rings is 1. The van der Waals surface area contributed by atoms with E-state index >= 15 is 0 Å². The molecule has 0 saturated carbocycles. The third-order valence-corrected chi connectivity index (χ3v) is 6.43. The van der Waals surface area contributed by atoms with E-state index < -0.39 is 9.84 Å². The van der Waals surface area contributed by atoms with Crippen molar-refractivity contribution in [2.75, 3.05) is 24.7 Å². The Morgan fingerprint density at radius 1 is 1.35 bits per heavy atom. The van der Waals surface area contributed by atoms with Crippen molar-refractivity contribution in [3.05, 3.63) is 34.9 Å². The third kappa shape index (κ3) is 3.70. The van der Waals surface area contributed by atoms with Crippen molar-refractivity contribution in [2.24, 2.45) is 5.92 Å². The quantitative estimate of drug-likeness (QED) is 0.823. The van der Waals surface area contributed by atoms with E-state index in [1.54, 1.807) is 4.90 Å². The second-order valence-corrected chi connectivity index (χ2v) is 8.91. The molecule has 2 heterocycles. The van der Waals surface area contributed by atoms with Gasteiger partial charge in [0.25, 0.3) is 0 Å². The normalized spacial score (nSPS) is 27.5. The molecule has 3 atom stereocenters. The number of sulfone groups is 1. The molecule has 2 saturated heterocycles. The molecular weight excluding hydrogens is 338 g/mol. The van der Waals surface area contributed by atoms with Crippen LogP contribution in [0.2, 0.25) is 5.02 Å². The van der Waals surface area contributed by atoms with Gasteiger partial charge in [-0.1, -0.05) is 30.7 Å². The van der Waals surface area contributed by atoms with E-state index in [-0.39, 0.29) is 35.5 Å². The molecule has 0 aliphatic carbocycles. The molecule has 0 spiro atoms. The van der Waals surface area contributed by atoms with Crippen molar-refractivity contribution in [3.63, 3.8) is 0 Å². The second-order valence-electron chi connectivity index (χ2n) is 6.32. The zero-order valence-electron chi connectivity index (χ0n) is 12.9. The molecule has 0 N–H and O–H groups in total. The maximum Gasteiger partial charge on any atom is 0.226 e. The lowest BCUT2D eigenvalue weighted by molar-refractivity contribution is -0.146. The first-order valence-electron chi connectivity index (χ1n) is 7.73. The Morgan fingerprint density at radius 3 is 2.74 bits per heavy atom. The Labute approximate surface area is 141 Å². The fourth-order valence-electron chi connectivity index (χ4n) is 3.33. The maximum absolute atomic E-state index is 12.8. The number of nitrogens with zero attached hydrogens (tertiary/aromatic N) is 1. The summed E-state index contributed by atoms with van der Waals surface area (Å²) >= 11 is 5.87. The van der Waals surface area contributed by atoms with E-state index in [2.05, 4.69) is 0 Å². The van der Waals surface area contributed by atoms with Crippen molar-refractivity contribution >= 4 is 27.3 Å². The number of fused-ring (bicyclic) bond motifs is 1. The number of ether oxygens (including phenoxy) is 1. The van der Waals surface area contributed by atoms with E-state index in [9.17, 15) is 13.2 Å². The largest absolute Gasteiger partial charge is 0.373 e. The number of halogens is 1. The number of carbonyl (C=O) groups is 1. The summed E-state index contributed by atoms with van der Waals surface area (Å²) < 4.78 is 29.2. The smallest absolute Gasteiger partial charge is 0.226 e. The molecule has 3 unspecified atom stereocenters. The lowest BCUT2D eigenvalue weighted by Crippen LogP contribution is -2.54. The highest BCUT2D eigenvalue weighted by molar-refractivity contribution is 7.91. The van der Waals surface area contributed by atoms with Gasteiger partial charge in [-0.15, -0.1) is 0 Å². The van der Waals surface area contributed by atoms with Gasteiger partial charge in [0, 0.05) is 17.5 Å². The molecule has 2 aliphatic rings. The summed E-state index contributed by atoms with van der Waals surface area (Å²) in [5.41, 5.74) is 1.04. The van der Waals surface area contributed by atoms with Gasteiger partial charge in [-0.25, -0.2) is 8.42 Å². The van der Waals surface area contributed by atoms with Crippen molar-refractivity contribution in [1.29, 1.82) is 0 Å². The molecule has 5 nitrogen and oxygen atoms in total. The van der Waals surface area contributed by atoms with Crippen LogP contribution in [-0.4, -0.2) is 56.0 Å². The molecule has 126 valence electrons. The SMILES string of the molecule is CC(Cc1ccc(Cl)cc1)C(=O)N1CCOC2CS(=O)(=O)CC21. The van der Waals surface area contributed by atoms with Gasteiger partial charge < -0.3 is 9.64 Å². The van der Waals surface area contributed by atoms with Gasteiger partial charge in [-0.05, 0) is 24.1 Å². The Hall–Kier alpha value is -1.11. The van der Waals surface area contributed by atoms with Crippen LogP contribution < -0.4 is 0 Å². The molecular formula is C16H20ClNO4S. The standard InChI is InChI=1S/C16H20ClNO4S/c1-11(8-12-2-4-13(17)5-3-12)16(19)18-6-7-22-15-10-23(20,21)9-14(15)18/h2-5,11,14-15H,6-10H2,1H3. The van der Waals surface area contributed by atoms with Gasteiger partial charge in [-0.3, -0.25) is 4.79 Å². The molecule has 23 heavy (non-hydrogen) atoms. The number of hydrogen-bond donors (Lipinski definition) is 0. The molecule has 2 fully saturated rings. The molecule has 1 amide bonds. The van der Waals surface area contributed by atoms with Crippen molar-refractivity contribution in [3.8, 4) is 0 Å². The second kappa shape index (κ2) is 6.42. The first-order chi connectivity index (χ1) is 10.9. The highest BCUT2D eigenvalue weighted by Crippen LogP contribution is 2.26. The van der Waals surface area contributed by atoms with Gasteiger partial charge in [0.05, 0.1) is 30.3 Å². The summed E-state index contributed by atoms with van der Waals surface area (Å²) in [5.74, 6) is -0.182. The van der Waals surface area contributed by atoms with E-state index in [1.165, 1.54) is 0 Å². The summed E-state index contributed by atoms with van der Waals surface area (Å²) in [5, 5.41) is 0.667. The van der Waals surface area contributed by atoms with Crippen LogP contribution in [0, 0.1) is 5.92 Å². The highest BCUT2D eigenvalue weighted by atomic mass is 35.5. The molecule has 2 aliphatic heterocycles. The molecule has 1 aromatic carbocycles. The van der Waals surface area contributed by atoms with Crippen LogP contribution in [0.15, 0.2) is 24.3 Å². The minimum atomic E-state index is -3.12. The number of carbonyl (C=O) groups excluding carboxylic acids is 1. The monoisotopic (exact) mass is 357 g/mol. The summed E-state index contributed by atoms with van der Waals surface area (Å²) in [6.45, 7) is 2.74. The van der Waals surface area contributed by atoms with Gasteiger partial charge in [0.1, 0.15) is 0 Å². The van der Waals surface area contributed by atoms with E-state index in [4.69, 9.17) is 16.3 Å². The lowest BCUT2D eigenvalue weighted by Gasteiger charge is -2.38. The Balaban J connectivity index is 1.70. The topological polar surface area (TPSA) is 63.7 Å². The molecule has 0 bridgehead atoms. The number of amides is 1. The average molecular weight is 358 g/mol. The number of morpholine rings is 1. The number of rotatable bonds is 3. The van der Waals surface area contributed by atoms with E-state index in [0.29, 0.717) is 24.6 Å². The van der Waals surface area contributed by atoms with Gasteiger partial charge >= 0.3 is 0 Å². The fourth-order valence-corrected chi connectivity index (χ4v) is 5.33. The van der Waals surface area contributed by atoms with E-state index in [0.717, 1.165) is 5.56 Å². The summed E-state index contributed by atoms with van der Waals surface area (Å²) in [6.07, 6.45) is 0.234. The van der Waals surface area contributed by atoms with Crippen LogP contribution in [0.5, 0.6) is 0 Å². The molecule has 3 rings (SSSR count). The lowest BCUT2D eigenvalue weighted by atomic mass is 9.98. The fraction of sp³-hybridized carbons (Fsp3) is 0.562. The predicted molar refractivity (Wildman–Crippen MR) is 88.2 cm³/mol. The van der Waals surface area contributed by atoms with Gasteiger partial charge in [0.2, 0.25) is 5.91 Å². The Kier molecular flexibility index (Phi) is 4.67. The molecule has 1 aromatic rings. The van der Waals surface area contributed by atoms with Crippen LogP contribution in [0.1, 0.15) is 12.5 Å². The summed E-state index contributed by atoms with van der Waals surface area (Å²) in [7, 11) is -3.12. The van der Waals surface area contributed by atoms with E-state index in [1.807, 2.05) is 31.2 Å².